The van der Waals surface area contributed by atoms with Crippen molar-refractivity contribution >= 4 is 28.3 Å². The Bertz CT molecular complexity index is 1210. The number of benzene rings is 3. The average Bonchev–Trinajstić information content (AvgIpc) is 3.29. The minimum atomic E-state index is -0.538. The molecule has 0 radical (unpaired) electrons. The summed E-state index contributed by atoms with van der Waals surface area (Å²) < 4.78 is 8.16. The molecular formula is C26H26ClN3O2. The number of halogens is 1. The molecule has 164 valence electrons. The number of carbonyl (C=O) groups excluding carboxylic acids is 1. The smallest absolute Gasteiger partial charge is 0.268 e. The lowest BCUT2D eigenvalue weighted by atomic mass is 9.97. The number of aromatic nitrogens is 2. The van der Waals surface area contributed by atoms with Crippen molar-refractivity contribution in [1.29, 1.82) is 0 Å². The quantitative estimate of drug-likeness (QED) is 0.364. The van der Waals surface area contributed by atoms with Crippen LogP contribution in [0, 0.1) is 0 Å². The van der Waals surface area contributed by atoms with Crippen molar-refractivity contribution in [3.05, 3.63) is 101 Å². The average molecular weight is 448 g/mol. The van der Waals surface area contributed by atoms with E-state index in [9.17, 15) is 4.79 Å². The molecule has 2 atom stereocenters. The van der Waals surface area contributed by atoms with E-state index in [2.05, 4.69) is 30.1 Å². The second-order valence-electron chi connectivity index (χ2n) is 7.96. The Morgan fingerprint density at radius 2 is 1.94 bits per heavy atom. The summed E-state index contributed by atoms with van der Waals surface area (Å²) in [4.78, 5) is 15.7. The minimum absolute atomic E-state index is 0.0197. The molecule has 0 fully saturated rings. The molecule has 2 unspecified atom stereocenters. The summed E-state index contributed by atoms with van der Waals surface area (Å²) in [5, 5.41) is 3.04. The Balaban J connectivity index is 1.56. The molecule has 1 amide bonds. The van der Waals surface area contributed by atoms with Crippen molar-refractivity contribution < 1.29 is 9.53 Å². The Morgan fingerprint density at radius 3 is 2.69 bits per heavy atom. The number of carbonyl (C=O) groups is 1. The first-order valence-electron chi connectivity index (χ1n) is 10.7. The monoisotopic (exact) mass is 447 g/mol. The lowest BCUT2D eigenvalue weighted by Gasteiger charge is -2.26. The van der Waals surface area contributed by atoms with Crippen molar-refractivity contribution in [2.24, 2.45) is 5.73 Å². The maximum absolute atomic E-state index is 11.6. The normalized spacial score (nSPS) is 13.2. The first-order valence-corrected chi connectivity index (χ1v) is 11.0. The molecule has 2 N–H and O–H groups in total. The largest absolute Gasteiger partial charge is 0.372 e. The van der Waals surface area contributed by atoms with Crippen LogP contribution in [-0.4, -0.2) is 21.6 Å². The summed E-state index contributed by atoms with van der Waals surface area (Å²) in [6.07, 6.45) is 4.88. The topological polar surface area (TPSA) is 70.1 Å². The van der Waals surface area contributed by atoms with Gasteiger partial charge in [-0.1, -0.05) is 66.2 Å². The number of aryl methyl sites for hydroxylation is 1. The minimum Gasteiger partial charge on any atom is -0.372 e. The summed E-state index contributed by atoms with van der Waals surface area (Å²) in [6.45, 7) is 2.57. The van der Waals surface area contributed by atoms with Crippen molar-refractivity contribution in [3.8, 4) is 0 Å². The predicted octanol–water partition coefficient (Wildman–Crippen LogP) is 5.57. The highest BCUT2D eigenvalue weighted by Gasteiger charge is 2.22. The van der Waals surface area contributed by atoms with Crippen LogP contribution in [-0.2, 0) is 17.8 Å². The van der Waals surface area contributed by atoms with Crippen LogP contribution in [0.25, 0.3) is 10.8 Å². The molecule has 0 aliphatic rings. The molecule has 0 bridgehead atoms. The van der Waals surface area contributed by atoms with E-state index in [4.69, 9.17) is 22.1 Å². The zero-order chi connectivity index (χ0) is 22.5. The van der Waals surface area contributed by atoms with Gasteiger partial charge in [0.2, 0.25) is 0 Å². The SMILES string of the molecule is CC(OCc1ccccc1)C(CCc1cccc2ccc(Cl)cc12)n1cnc(C(N)=O)c1. The fraction of sp³-hybridized carbons (Fsp3) is 0.231. The van der Waals surface area contributed by atoms with E-state index < -0.39 is 5.91 Å². The molecule has 6 heteroatoms. The van der Waals surface area contributed by atoms with Crippen LogP contribution in [0.4, 0.5) is 0 Å². The summed E-state index contributed by atoms with van der Waals surface area (Å²) in [5.74, 6) is -0.538. The molecule has 5 nitrogen and oxygen atoms in total. The Kier molecular flexibility index (Phi) is 6.88. The third kappa shape index (κ3) is 5.18. The Labute approximate surface area is 192 Å². The van der Waals surface area contributed by atoms with Gasteiger partial charge >= 0.3 is 0 Å². The summed E-state index contributed by atoms with van der Waals surface area (Å²) in [5.41, 5.74) is 8.01. The summed E-state index contributed by atoms with van der Waals surface area (Å²) in [6, 6.07) is 22.3. The van der Waals surface area contributed by atoms with Crippen LogP contribution in [0.2, 0.25) is 5.02 Å². The van der Waals surface area contributed by atoms with Gasteiger partial charge in [-0.15, -0.1) is 0 Å². The molecule has 32 heavy (non-hydrogen) atoms. The number of fused-ring (bicyclic) bond motifs is 1. The molecule has 0 saturated carbocycles. The lowest BCUT2D eigenvalue weighted by Crippen LogP contribution is -2.24. The standard InChI is InChI=1S/C26H26ClN3O2/c1-18(32-16-19-6-3-2-4-7-19)25(30-15-24(26(28)31)29-17-30)13-11-21-9-5-8-20-10-12-22(27)14-23(20)21/h2-10,12,14-15,17-18,25H,11,13,16H2,1H3,(H2,28,31). The maximum atomic E-state index is 11.6. The molecule has 0 saturated heterocycles. The number of nitrogens with zero attached hydrogens (tertiary/aromatic N) is 2. The van der Waals surface area contributed by atoms with Crippen molar-refractivity contribution in [2.75, 3.05) is 0 Å². The van der Waals surface area contributed by atoms with Crippen molar-refractivity contribution in [2.45, 2.75) is 38.5 Å². The van der Waals surface area contributed by atoms with Gasteiger partial charge in [0, 0.05) is 11.2 Å². The first-order chi connectivity index (χ1) is 15.5. The molecular weight excluding hydrogens is 422 g/mol. The maximum Gasteiger partial charge on any atom is 0.268 e. The van der Waals surface area contributed by atoms with E-state index in [0.717, 1.165) is 34.2 Å². The van der Waals surface area contributed by atoms with Gasteiger partial charge in [-0.2, -0.15) is 0 Å². The highest BCUT2D eigenvalue weighted by molar-refractivity contribution is 6.31. The molecule has 0 spiro atoms. The summed E-state index contributed by atoms with van der Waals surface area (Å²) in [7, 11) is 0. The van der Waals surface area contributed by atoms with Gasteiger partial charge in [-0.05, 0) is 53.8 Å². The second kappa shape index (κ2) is 9.98. The number of rotatable bonds is 9. The van der Waals surface area contributed by atoms with Gasteiger partial charge in [0.25, 0.3) is 5.91 Å². The number of primary amides is 1. The van der Waals surface area contributed by atoms with Crippen LogP contribution in [0.15, 0.2) is 79.3 Å². The highest BCUT2D eigenvalue weighted by Crippen LogP contribution is 2.28. The lowest BCUT2D eigenvalue weighted by molar-refractivity contribution is 0.0149. The number of nitrogens with two attached hydrogens (primary N) is 1. The Hall–Kier alpha value is -3.15. The van der Waals surface area contributed by atoms with Crippen LogP contribution in [0.1, 0.15) is 41.0 Å². The molecule has 1 heterocycles. The van der Waals surface area contributed by atoms with E-state index in [-0.39, 0.29) is 17.8 Å². The van der Waals surface area contributed by atoms with Gasteiger partial charge in [-0.3, -0.25) is 4.79 Å². The predicted molar refractivity (Wildman–Crippen MR) is 128 cm³/mol. The Morgan fingerprint density at radius 1 is 1.12 bits per heavy atom. The van der Waals surface area contributed by atoms with Gasteiger partial charge in [-0.25, -0.2) is 4.98 Å². The number of ether oxygens (including phenoxy) is 1. The zero-order valence-corrected chi connectivity index (χ0v) is 18.7. The van der Waals surface area contributed by atoms with E-state index in [0.29, 0.717) is 6.61 Å². The van der Waals surface area contributed by atoms with Crippen molar-refractivity contribution in [3.63, 3.8) is 0 Å². The molecule has 1 aromatic heterocycles. The second-order valence-corrected chi connectivity index (χ2v) is 8.40. The third-order valence-corrected chi connectivity index (χ3v) is 6.01. The van der Waals surface area contributed by atoms with E-state index in [1.165, 1.54) is 5.56 Å². The summed E-state index contributed by atoms with van der Waals surface area (Å²) >= 11 is 6.26. The molecule has 4 aromatic rings. The van der Waals surface area contributed by atoms with Crippen LogP contribution >= 0.6 is 11.6 Å². The van der Waals surface area contributed by atoms with E-state index >= 15 is 0 Å². The van der Waals surface area contributed by atoms with Crippen LogP contribution in [0.3, 0.4) is 0 Å². The van der Waals surface area contributed by atoms with E-state index in [1.54, 1.807) is 12.5 Å². The fourth-order valence-electron chi connectivity index (χ4n) is 4.02. The number of imidazole rings is 1. The zero-order valence-electron chi connectivity index (χ0n) is 17.9. The third-order valence-electron chi connectivity index (χ3n) is 5.78. The van der Waals surface area contributed by atoms with Crippen LogP contribution < -0.4 is 5.73 Å². The van der Waals surface area contributed by atoms with Crippen molar-refractivity contribution in [1.82, 2.24) is 9.55 Å². The number of hydrogen-bond acceptors (Lipinski definition) is 3. The molecule has 3 aromatic carbocycles. The number of hydrogen-bond donors (Lipinski definition) is 1. The van der Waals surface area contributed by atoms with Gasteiger partial charge in [0.1, 0.15) is 5.69 Å². The van der Waals surface area contributed by atoms with Gasteiger partial charge < -0.3 is 15.0 Å². The highest BCUT2D eigenvalue weighted by atomic mass is 35.5. The van der Waals surface area contributed by atoms with Crippen LogP contribution in [0.5, 0.6) is 0 Å². The van der Waals surface area contributed by atoms with Gasteiger partial charge in [0.15, 0.2) is 0 Å². The fourth-order valence-corrected chi connectivity index (χ4v) is 4.19. The molecule has 0 aliphatic carbocycles. The molecule has 0 aliphatic heterocycles. The van der Waals surface area contributed by atoms with E-state index in [1.807, 2.05) is 53.1 Å². The first kappa shape index (κ1) is 22.1. The van der Waals surface area contributed by atoms with Gasteiger partial charge in [0.05, 0.1) is 25.1 Å². The molecule has 4 rings (SSSR count). The number of amides is 1.